The fourth-order valence-electron chi connectivity index (χ4n) is 4.52. The average molecular weight is 386 g/mol. The molecule has 1 N–H and O–H groups in total. The molecule has 0 saturated carbocycles. The zero-order chi connectivity index (χ0) is 20.5. The predicted octanol–water partition coefficient (Wildman–Crippen LogP) is 4.88. The maximum atomic E-state index is 12.2. The number of benzene rings is 2. The second-order valence-corrected chi connectivity index (χ2v) is 7.56. The van der Waals surface area contributed by atoms with Crippen LogP contribution >= 0.6 is 0 Å². The first-order chi connectivity index (χ1) is 14.1. The lowest BCUT2D eigenvalue weighted by molar-refractivity contribution is -0.133. The first-order valence-corrected chi connectivity index (χ1v) is 9.89. The minimum absolute atomic E-state index is 0.0308. The molecule has 0 amide bonds. The van der Waals surface area contributed by atoms with Crippen molar-refractivity contribution in [3.63, 3.8) is 0 Å². The highest BCUT2D eigenvalue weighted by Gasteiger charge is 2.36. The summed E-state index contributed by atoms with van der Waals surface area (Å²) in [6, 6.07) is 16.7. The van der Waals surface area contributed by atoms with Crippen molar-refractivity contribution < 1.29 is 9.53 Å². The second kappa shape index (κ2) is 7.72. The lowest BCUT2D eigenvalue weighted by Crippen LogP contribution is -2.43. The summed E-state index contributed by atoms with van der Waals surface area (Å²) >= 11 is 0. The van der Waals surface area contributed by atoms with Gasteiger partial charge >= 0.3 is 5.97 Å². The number of hydrogen-bond acceptors (Lipinski definition) is 3. The molecule has 1 aliphatic rings. The van der Waals surface area contributed by atoms with Crippen molar-refractivity contribution in [3.8, 4) is 0 Å². The number of aromatic amines is 1. The number of nitrogens with zero attached hydrogens (tertiary/aromatic N) is 1. The zero-order valence-corrected chi connectivity index (χ0v) is 16.9. The second-order valence-electron chi connectivity index (χ2n) is 7.56. The van der Waals surface area contributed by atoms with E-state index in [1.165, 1.54) is 23.8 Å². The van der Waals surface area contributed by atoms with Gasteiger partial charge in [-0.15, -0.1) is 6.58 Å². The van der Waals surface area contributed by atoms with E-state index in [4.69, 9.17) is 4.74 Å². The highest BCUT2D eigenvalue weighted by molar-refractivity contribution is 6.16. The Balaban J connectivity index is 1.95. The molecule has 4 rings (SSSR count). The normalized spacial score (nSPS) is 19.0. The van der Waals surface area contributed by atoms with E-state index >= 15 is 0 Å². The van der Waals surface area contributed by atoms with Crippen LogP contribution < -0.4 is 0 Å². The van der Waals surface area contributed by atoms with Gasteiger partial charge in [0.05, 0.1) is 18.7 Å². The summed E-state index contributed by atoms with van der Waals surface area (Å²) in [4.78, 5) is 18.3. The number of carbonyl (C=O) groups excluding carboxylic acids is 1. The maximum Gasteiger partial charge on any atom is 0.337 e. The predicted molar refractivity (Wildman–Crippen MR) is 118 cm³/mol. The van der Waals surface area contributed by atoms with Gasteiger partial charge in [-0.1, -0.05) is 55.1 Å². The standard InChI is InChI=1S/C25H26N2O2/c1-5-14-27-16(2)15-21-19-11-8-9-13-22(19)26-23(21)24(27)20-12-7-6-10-18(20)17(3)25(28)29-4/h5-13,16,24,26H,1,3,14-15H2,2,4H3/t16-,24+/m1/s1. The Hall–Kier alpha value is -3.11. The topological polar surface area (TPSA) is 45.3 Å². The summed E-state index contributed by atoms with van der Waals surface area (Å²) in [5.74, 6) is -0.409. The van der Waals surface area contributed by atoms with Gasteiger partial charge in [0.1, 0.15) is 0 Å². The lowest BCUT2D eigenvalue weighted by atomic mass is 9.85. The Kier molecular flexibility index (Phi) is 5.12. The minimum Gasteiger partial charge on any atom is -0.465 e. The first-order valence-electron chi connectivity index (χ1n) is 9.89. The van der Waals surface area contributed by atoms with E-state index in [0.717, 1.165) is 29.6 Å². The molecule has 0 bridgehead atoms. The number of aromatic nitrogens is 1. The first kappa shape index (κ1) is 19.2. The van der Waals surface area contributed by atoms with Crippen molar-refractivity contribution in [2.75, 3.05) is 13.7 Å². The Morgan fingerprint density at radius 1 is 1.24 bits per heavy atom. The van der Waals surface area contributed by atoms with Gasteiger partial charge in [-0.25, -0.2) is 4.79 Å². The summed E-state index contributed by atoms with van der Waals surface area (Å²) in [5, 5.41) is 1.27. The Morgan fingerprint density at radius 2 is 1.97 bits per heavy atom. The number of hydrogen-bond donors (Lipinski definition) is 1. The molecule has 3 aromatic rings. The molecule has 0 fully saturated rings. The van der Waals surface area contributed by atoms with Crippen LogP contribution in [-0.4, -0.2) is 35.5 Å². The summed E-state index contributed by atoms with van der Waals surface area (Å²) in [7, 11) is 1.39. The van der Waals surface area contributed by atoms with Crippen molar-refractivity contribution in [2.24, 2.45) is 0 Å². The fourth-order valence-corrected chi connectivity index (χ4v) is 4.52. The Morgan fingerprint density at radius 3 is 2.72 bits per heavy atom. The number of methoxy groups -OCH3 is 1. The molecule has 0 radical (unpaired) electrons. The number of ether oxygens (including phenoxy) is 1. The van der Waals surface area contributed by atoms with Crippen molar-refractivity contribution >= 4 is 22.4 Å². The van der Waals surface area contributed by atoms with E-state index in [1.54, 1.807) is 0 Å². The molecule has 2 atom stereocenters. The van der Waals surface area contributed by atoms with Crippen molar-refractivity contribution in [1.82, 2.24) is 9.88 Å². The monoisotopic (exact) mass is 386 g/mol. The molecule has 0 saturated heterocycles. The van der Waals surface area contributed by atoms with Crippen LogP contribution in [-0.2, 0) is 16.0 Å². The van der Waals surface area contributed by atoms with E-state index in [0.29, 0.717) is 11.6 Å². The maximum absolute atomic E-state index is 12.2. The van der Waals surface area contributed by atoms with E-state index in [-0.39, 0.29) is 6.04 Å². The van der Waals surface area contributed by atoms with Gasteiger partial charge in [-0.05, 0) is 36.1 Å². The lowest BCUT2D eigenvalue weighted by Gasteiger charge is -2.41. The fraction of sp³-hybridized carbons (Fsp3) is 0.240. The van der Waals surface area contributed by atoms with Crippen LogP contribution in [0.25, 0.3) is 16.5 Å². The molecule has 0 unspecified atom stereocenters. The SMILES string of the molecule is C=CCN1[C@@H](c2ccccc2C(=C)C(=O)OC)c2[nH]c3ccccc3c2C[C@H]1C. The third-order valence-corrected chi connectivity index (χ3v) is 5.87. The van der Waals surface area contributed by atoms with Crippen LogP contribution in [0, 0.1) is 0 Å². The van der Waals surface area contributed by atoms with Gasteiger partial charge in [-0.2, -0.15) is 0 Å². The third-order valence-electron chi connectivity index (χ3n) is 5.87. The van der Waals surface area contributed by atoms with Gasteiger partial charge in [0.2, 0.25) is 0 Å². The molecular weight excluding hydrogens is 360 g/mol. The van der Waals surface area contributed by atoms with Crippen molar-refractivity contribution in [2.45, 2.75) is 25.4 Å². The van der Waals surface area contributed by atoms with Gasteiger partial charge in [0.15, 0.2) is 0 Å². The summed E-state index contributed by atoms with van der Waals surface area (Å²) in [6.45, 7) is 11.0. The summed E-state index contributed by atoms with van der Waals surface area (Å²) in [5.41, 5.74) is 5.89. The quantitative estimate of drug-likeness (QED) is 0.386. The number of nitrogens with one attached hydrogen (secondary N) is 1. The van der Waals surface area contributed by atoms with Gasteiger partial charge in [0, 0.05) is 29.2 Å². The average Bonchev–Trinajstić information content (AvgIpc) is 3.11. The number of esters is 1. The van der Waals surface area contributed by atoms with Crippen LogP contribution in [0.3, 0.4) is 0 Å². The zero-order valence-electron chi connectivity index (χ0n) is 16.9. The van der Waals surface area contributed by atoms with E-state index < -0.39 is 5.97 Å². The molecule has 4 nitrogen and oxygen atoms in total. The highest BCUT2D eigenvalue weighted by atomic mass is 16.5. The van der Waals surface area contributed by atoms with Crippen LogP contribution in [0.1, 0.15) is 35.3 Å². The minimum atomic E-state index is -0.409. The van der Waals surface area contributed by atoms with E-state index in [2.05, 4.69) is 60.3 Å². The van der Waals surface area contributed by atoms with Crippen LogP contribution in [0.2, 0.25) is 0 Å². The van der Waals surface area contributed by atoms with Crippen LogP contribution in [0.15, 0.2) is 67.8 Å². The number of para-hydroxylation sites is 1. The number of fused-ring (bicyclic) bond motifs is 3. The molecule has 0 spiro atoms. The number of H-pyrrole nitrogens is 1. The van der Waals surface area contributed by atoms with E-state index in [1.807, 2.05) is 24.3 Å². The molecule has 0 aliphatic carbocycles. The third kappa shape index (κ3) is 3.19. The number of carbonyl (C=O) groups is 1. The van der Waals surface area contributed by atoms with Gasteiger partial charge < -0.3 is 9.72 Å². The van der Waals surface area contributed by atoms with Crippen LogP contribution in [0.5, 0.6) is 0 Å². The van der Waals surface area contributed by atoms with E-state index in [9.17, 15) is 4.79 Å². The summed E-state index contributed by atoms with van der Waals surface area (Å²) < 4.78 is 4.95. The molecule has 1 aliphatic heterocycles. The molecule has 1 aromatic heterocycles. The van der Waals surface area contributed by atoms with Crippen molar-refractivity contribution in [3.05, 3.63) is 90.1 Å². The highest BCUT2D eigenvalue weighted by Crippen LogP contribution is 2.42. The summed E-state index contributed by atoms with van der Waals surface area (Å²) in [6.07, 6.45) is 2.90. The molecule has 29 heavy (non-hydrogen) atoms. The Bertz CT molecular complexity index is 1100. The largest absolute Gasteiger partial charge is 0.465 e. The van der Waals surface area contributed by atoms with Crippen molar-refractivity contribution in [1.29, 1.82) is 0 Å². The molecule has 4 heteroatoms. The molecule has 148 valence electrons. The molecule has 2 aromatic carbocycles. The number of rotatable bonds is 5. The molecular formula is C25H26N2O2. The van der Waals surface area contributed by atoms with Crippen LogP contribution in [0.4, 0.5) is 0 Å². The Labute approximate surface area is 171 Å². The van der Waals surface area contributed by atoms with Gasteiger partial charge in [-0.3, -0.25) is 4.90 Å². The van der Waals surface area contributed by atoms with Gasteiger partial charge in [0.25, 0.3) is 0 Å². The molecule has 2 heterocycles. The smallest absolute Gasteiger partial charge is 0.337 e.